The van der Waals surface area contributed by atoms with Gasteiger partial charge in [-0.05, 0) is 23.8 Å². The van der Waals surface area contributed by atoms with Crippen LogP contribution in [0.5, 0.6) is 0 Å². The highest BCUT2D eigenvalue weighted by atomic mass is 19.4. The number of hydrogen-bond donors (Lipinski definition) is 1. The van der Waals surface area contributed by atoms with E-state index in [1.54, 1.807) is 6.07 Å². The van der Waals surface area contributed by atoms with Crippen LogP contribution in [0.15, 0.2) is 59.9 Å². The van der Waals surface area contributed by atoms with E-state index in [4.69, 9.17) is 0 Å². The summed E-state index contributed by atoms with van der Waals surface area (Å²) in [6.45, 7) is 0. The van der Waals surface area contributed by atoms with E-state index in [9.17, 15) is 31.9 Å². The first kappa shape index (κ1) is 18.6. The maximum atomic E-state index is 13.6. The second-order valence-electron chi connectivity index (χ2n) is 5.60. The third-order valence-electron chi connectivity index (χ3n) is 3.92. The van der Waals surface area contributed by atoms with Crippen molar-refractivity contribution in [2.24, 2.45) is 4.99 Å². The summed E-state index contributed by atoms with van der Waals surface area (Å²) in [5, 5.41) is 9.38. The zero-order chi connectivity index (χ0) is 19.8. The summed E-state index contributed by atoms with van der Waals surface area (Å²) in [5.74, 6) is -3.97. The number of anilines is 1. The van der Waals surface area contributed by atoms with Gasteiger partial charge in [0, 0.05) is 23.7 Å². The molecule has 0 spiro atoms. The Hall–Kier alpha value is -3.23. The van der Waals surface area contributed by atoms with Crippen LogP contribution < -0.4 is 4.90 Å². The molecule has 1 heterocycles. The molecule has 0 aliphatic carbocycles. The monoisotopic (exact) mass is 382 g/mol. The number of rotatable bonds is 3. The van der Waals surface area contributed by atoms with Crippen LogP contribution in [0.2, 0.25) is 0 Å². The first-order valence-corrected chi connectivity index (χ1v) is 7.57. The smallest absolute Gasteiger partial charge is 0.432 e. The Bertz CT molecular complexity index is 953. The lowest BCUT2D eigenvalue weighted by atomic mass is 10.00. The number of alkyl halides is 3. The number of halogens is 5. The summed E-state index contributed by atoms with van der Waals surface area (Å²) in [6, 6.07) is 6.78. The standard InChI is InChI=1S/C18H11F5N2O2/c19-12-6-5-10(9-13(12)20)11-3-1-2-4-14(11)25-8-7-24-16(18(21,22)23)15(25)17(26)27/h1-9,15H,(H,26,27). The first-order valence-electron chi connectivity index (χ1n) is 7.57. The minimum Gasteiger partial charge on any atom is -0.479 e. The molecule has 2 aromatic rings. The molecule has 3 rings (SSSR count). The Morgan fingerprint density at radius 2 is 1.78 bits per heavy atom. The highest BCUT2D eigenvalue weighted by Gasteiger charge is 2.47. The van der Waals surface area contributed by atoms with Gasteiger partial charge < -0.3 is 10.0 Å². The summed E-state index contributed by atoms with van der Waals surface area (Å²) < 4.78 is 66.4. The molecule has 1 aliphatic heterocycles. The molecule has 4 nitrogen and oxygen atoms in total. The van der Waals surface area contributed by atoms with Gasteiger partial charge in [0.05, 0.1) is 0 Å². The van der Waals surface area contributed by atoms with Gasteiger partial charge >= 0.3 is 12.1 Å². The topological polar surface area (TPSA) is 52.9 Å². The third kappa shape index (κ3) is 3.53. The number of aliphatic carboxylic acids is 1. The van der Waals surface area contributed by atoms with Gasteiger partial charge in [-0.15, -0.1) is 0 Å². The van der Waals surface area contributed by atoms with E-state index in [-0.39, 0.29) is 16.8 Å². The Kier molecular flexibility index (Phi) is 4.69. The lowest BCUT2D eigenvalue weighted by Crippen LogP contribution is -2.51. The molecule has 0 fully saturated rings. The van der Waals surface area contributed by atoms with Crippen LogP contribution in [-0.2, 0) is 4.79 Å². The SMILES string of the molecule is O=C(O)C1C(C(F)(F)F)=NC=CN1c1ccccc1-c1ccc(F)c(F)c1. The van der Waals surface area contributed by atoms with Crippen LogP contribution in [0, 0.1) is 11.6 Å². The van der Waals surface area contributed by atoms with Crippen molar-refractivity contribution in [3.8, 4) is 11.1 Å². The lowest BCUT2D eigenvalue weighted by Gasteiger charge is -2.32. The lowest BCUT2D eigenvalue weighted by molar-refractivity contribution is -0.138. The number of nitrogens with zero attached hydrogens (tertiary/aromatic N) is 2. The maximum absolute atomic E-state index is 13.6. The molecule has 2 aromatic carbocycles. The van der Waals surface area contributed by atoms with Gasteiger partial charge in [-0.3, -0.25) is 4.99 Å². The van der Waals surface area contributed by atoms with Gasteiger partial charge in [-0.2, -0.15) is 13.2 Å². The number of aliphatic imine (C=N–C) groups is 1. The zero-order valence-electron chi connectivity index (χ0n) is 13.4. The molecule has 1 aliphatic rings. The summed E-state index contributed by atoms with van der Waals surface area (Å²) >= 11 is 0. The number of carboxylic acids is 1. The number of hydrogen-bond acceptors (Lipinski definition) is 3. The minimum atomic E-state index is -4.96. The molecule has 140 valence electrons. The van der Waals surface area contributed by atoms with Crippen LogP contribution in [0.25, 0.3) is 11.1 Å². The average molecular weight is 382 g/mol. The molecular weight excluding hydrogens is 371 g/mol. The van der Waals surface area contributed by atoms with E-state index in [0.29, 0.717) is 0 Å². The predicted octanol–water partition coefficient (Wildman–Crippen LogP) is 4.38. The van der Waals surface area contributed by atoms with Gasteiger partial charge in [0.25, 0.3) is 0 Å². The molecule has 27 heavy (non-hydrogen) atoms. The first-order chi connectivity index (χ1) is 12.7. The molecule has 1 unspecified atom stereocenters. The normalized spacial score (nSPS) is 17.0. The molecule has 0 bridgehead atoms. The van der Waals surface area contributed by atoms with Gasteiger partial charge in [-0.1, -0.05) is 24.3 Å². The van der Waals surface area contributed by atoms with Crippen molar-refractivity contribution in [2.75, 3.05) is 4.90 Å². The molecular formula is C18H11F5N2O2. The van der Waals surface area contributed by atoms with E-state index in [1.807, 2.05) is 0 Å². The number of carbonyl (C=O) groups is 1. The predicted molar refractivity (Wildman–Crippen MR) is 88.3 cm³/mol. The molecule has 0 amide bonds. The third-order valence-corrected chi connectivity index (χ3v) is 3.92. The van der Waals surface area contributed by atoms with Crippen LogP contribution in [0.4, 0.5) is 27.6 Å². The molecule has 0 saturated carbocycles. The summed E-state index contributed by atoms with van der Waals surface area (Å²) in [6.07, 6.45) is -3.03. The quantitative estimate of drug-likeness (QED) is 0.802. The van der Waals surface area contributed by atoms with E-state index >= 15 is 0 Å². The molecule has 9 heteroatoms. The summed E-state index contributed by atoms with van der Waals surface area (Å²) in [4.78, 5) is 15.6. The van der Waals surface area contributed by atoms with Crippen molar-refractivity contribution in [1.82, 2.24) is 0 Å². The number of benzene rings is 2. The van der Waals surface area contributed by atoms with E-state index in [0.717, 1.165) is 29.4 Å². The molecule has 0 saturated heterocycles. The fourth-order valence-corrected chi connectivity index (χ4v) is 2.76. The summed E-state index contributed by atoms with van der Waals surface area (Å²) in [7, 11) is 0. The summed E-state index contributed by atoms with van der Waals surface area (Å²) in [5.41, 5.74) is -1.00. The molecule has 0 radical (unpaired) electrons. The van der Waals surface area contributed by atoms with E-state index in [2.05, 4.69) is 4.99 Å². The minimum absolute atomic E-state index is 0.0730. The number of carboxylic acid groups (broad SMARTS) is 1. The van der Waals surface area contributed by atoms with Crippen molar-refractivity contribution in [1.29, 1.82) is 0 Å². The second kappa shape index (κ2) is 6.82. The van der Waals surface area contributed by atoms with Gasteiger partial charge in [-0.25, -0.2) is 13.6 Å². The fourth-order valence-electron chi connectivity index (χ4n) is 2.76. The number of para-hydroxylation sites is 1. The highest BCUT2D eigenvalue weighted by Crippen LogP contribution is 2.36. The fraction of sp³-hybridized carbons (Fsp3) is 0.111. The largest absolute Gasteiger partial charge is 0.479 e. The van der Waals surface area contributed by atoms with Crippen molar-refractivity contribution < 1.29 is 31.9 Å². The van der Waals surface area contributed by atoms with Crippen LogP contribution in [-0.4, -0.2) is 29.0 Å². The second-order valence-corrected chi connectivity index (χ2v) is 5.60. The molecule has 0 aromatic heterocycles. The zero-order valence-corrected chi connectivity index (χ0v) is 13.4. The van der Waals surface area contributed by atoms with Crippen LogP contribution in [0.1, 0.15) is 0 Å². The van der Waals surface area contributed by atoms with Crippen molar-refractivity contribution in [3.05, 3.63) is 66.5 Å². The Morgan fingerprint density at radius 3 is 2.41 bits per heavy atom. The molecule has 1 N–H and O–H groups in total. The Morgan fingerprint density at radius 1 is 1.07 bits per heavy atom. The van der Waals surface area contributed by atoms with Crippen molar-refractivity contribution >= 4 is 17.4 Å². The van der Waals surface area contributed by atoms with Gasteiger partial charge in [0.2, 0.25) is 0 Å². The van der Waals surface area contributed by atoms with E-state index in [1.165, 1.54) is 24.3 Å². The average Bonchev–Trinajstić information content (AvgIpc) is 2.62. The Labute approximate surface area is 149 Å². The van der Waals surface area contributed by atoms with Crippen LogP contribution in [0.3, 0.4) is 0 Å². The van der Waals surface area contributed by atoms with Crippen molar-refractivity contribution in [2.45, 2.75) is 12.2 Å². The van der Waals surface area contributed by atoms with Crippen molar-refractivity contribution in [3.63, 3.8) is 0 Å². The van der Waals surface area contributed by atoms with Crippen LogP contribution >= 0.6 is 0 Å². The van der Waals surface area contributed by atoms with Gasteiger partial charge in [0.15, 0.2) is 23.4 Å². The van der Waals surface area contributed by atoms with Gasteiger partial charge in [0.1, 0.15) is 0 Å². The highest BCUT2D eigenvalue weighted by molar-refractivity contribution is 6.12. The Balaban J connectivity index is 2.14. The molecule has 1 atom stereocenters. The maximum Gasteiger partial charge on any atom is 0.432 e. The van der Waals surface area contributed by atoms with E-state index < -0.39 is 35.5 Å².